The van der Waals surface area contributed by atoms with Gasteiger partial charge in [0.2, 0.25) is 0 Å². The van der Waals surface area contributed by atoms with Crippen LogP contribution in [0, 0.1) is 0 Å². The van der Waals surface area contributed by atoms with E-state index in [9.17, 15) is 9.59 Å². The number of ketones is 1. The number of hydrogen-bond donors (Lipinski definition) is 1. The Morgan fingerprint density at radius 3 is 2.56 bits per heavy atom. The van der Waals surface area contributed by atoms with E-state index in [2.05, 4.69) is 5.32 Å². The molecule has 1 aliphatic heterocycles. The first-order valence-corrected chi connectivity index (χ1v) is 12.0. The van der Waals surface area contributed by atoms with E-state index in [1.54, 1.807) is 21.3 Å². The number of Topliss-reactive ketones (excluding diaryl/α,β-unsaturated/α-hetero) is 1. The molecule has 4 rings (SSSR count). The Kier molecular flexibility index (Phi) is 7.38. The molecule has 2 unspecified atom stereocenters. The van der Waals surface area contributed by atoms with Gasteiger partial charge in [-0.15, -0.1) is 11.3 Å². The maximum absolute atomic E-state index is 13.6. The average Bonchev–Trinajstić information content (AvgIpc) is 3.37. The van der Waals surface area contributed by atoms with Gasteiger partial charge in [-0.25, -0.2) is 4.79 Å². The number of dihydropyridines is 1. The van der Waals surface area contributed by atoms with E-state index in [0.717, 1.165) is 16.1 Å². The van der Waals surface area contributed by atoms with Gasteiger partial charge >= 0.3 is 5.97 Å². The molecule has 0 fully saturated rings. The van der Waals surface area contributed by atoms with Crippen LogP contribution in [0.5, 0.6) is 11.5 Å². The topological polar surface area (TPSA) is 83.1 Å². The third kappa shape index (κ3) is 4.60. The molecule has 0 saturated heterocycles. The monoisotopic (exact) mass is 483 g/mol. The summed E-state index contributed by atoms with van der Waals surface area (Å²) in [5.41, 5.74) is 3.72. The molecule has 34 heavy (non-hydrogen) atoms. The summed E-state index contributed by atoms with van der Waals surface area (Å²) in [6, 6.07) is 9.68. The van der Waals surface area contributed by atoms with Crippen molar-refractivity contribution < 1.29 is 28.5 Å². The quantitative estimate of drug-likeness (QED) is 0.442. The van der Waals surface area contributed by atoms with Crippen LogP contribution in [-0.4, -0.2) is 46.3 Å². The Labute approximate surface area is 203 Å². The molecule has 0 spiro atoms. The summed E-state index contributed by atoms with van der Waals surface area (Å²) in [5, 5.41) is 5.33. The molecule has 2 atom stereocenters. The molecule has 2 aromatic rings. The third-order valence-electron chi connectivity index (χ3n) is 6.27. The Morgan fingerprint density at radius 1 is 1.09 bits per heavy atom. The highest BCUT2D eigenvalue weighted by atomic mass is 32.1. The highest BCUT2D eigenvalue weighted by molar-refractivity contribution is 7.10. The van der Waals surface area contributed by atoms with Crippen LogP contribution in [-0.2, 0) is 19.1 Å². The van der Waals surface area contributed by atoms with Crippen molar-refractivity contribution in [3.8, 4) is 11.5 Å². The van der Waals surface area contributed by atoms with Crippen LogP contribution in [0.4, 0.5) is 0 Å². The molecule has 8 heteroatoms. The fourth-order valence-corrected chi connectivity index (χ4v) is 5.53. The molecule has 180 valence electrons. The number of carbonyl (C=O) groups excluding carboxylic acids is 2. The minimum Gasteiger partial charge on any atom is -0.493 e. The number of allylic oxidation sites excluding steroid dienone is 3. The number of carbonyl (C=O) groups is 2. The summed E-state index contributed by atoms with van der Waals surface area (Å²) in [6.45, 7) is 2.33. The van der Waals surface area contributed by atoms with Crippen LogP contribution in [0.15, 0.2) is 58.3 Å². The van der Waals surface area contributed by atoms with E-state index in [1.165, 1.54) is 11.3 Å². The normalized spacial score (nSPS) is 20.1. The minimum atomic E-state index is -0.440. The first kappa shape index (κ1) is 24.0. The van der Waals surface area contributed by atoms with Crippen LogP contribution in [0.3, 0.4) is 0 Å². The Hall–Kier alpha value is -3.10. The highest BCUT2D eigenvalue weighted by Crippen LogP contribution is 2.47. The molecule has 0 bridgehead atoms. The predicted molar refractivity (Wildman–Crippen MR) is 129 cm³/mol. The number of esters is 1. The Bertz CT molecular complexity index is 1130. The lowest BCUT2D eigenvalue weighted by Crippen LogP contribution is -2.36. The van der Waals surface area contributed by atoms with E-state index in [0.29, 0.717) is 47.8 Å². The molecule has 1 N–H and O–H groups in total. The van der Waals surface area contributed by atoms with Gasteiger partial charge in [0.15, 0.2) is 17.3 Å². The lowest BCUT2D eigenvalue weighted by molar-refractivity contribution is -0.140. The second-order valence-corrected chi connectivity index (χ2v) is 9.26. The van der Waals surface area contributed by atoms with Crippen molar-refractivity contribution in [1.82, 2.24) is 5.32 Å². The maximum atomic E-state index is 13.6. The molecule has 1 aromatic heterocycles. The molecular formula is C26H29NO6S. The summed E-state index contributed by atoms with van der Waals surface area (Å²) >= 11 is 1.53. The number of ether oxygens (including phenoxy) is 4. The van der Waals surface area contributed by atoms with Gasteiger partial charge in [0.1, 0.15) is 6.61 Å². The number of hydrogen-bond acceptors (Lipinski definition) is 8. The molecule has 0 amide bonds. The van der Waals surface area contributed by atoms with E-state index in [1.807, 2.05) is 42.6 Å². The van der Waals surface area contributed by atoms with Crippen molar-refractivity contribution >= 4 is 23.1 Å². The average molecular weight is 484 g/mol. The second kappa shape index (κ2) is 10.4. The first-order valence-electron chi connectivity index (χ1n) is 11.1. The maximum Gasteiger partial charge on any atom is 0.336 e. The van der Waals surface area contributed by atoms with E-state index < -0.39 is 11.9 Å². The van der Waals surface area contributed by atoms with E-state index in [-0.39, 0.29) is 18.3 Å². The van der Waals surface area contributed by atoms with Gasteiger partial charge in [-0.1, -0.05) is 12.1 Å². The molecule has 7 nitrogen and oxygen atoms in total. The lowest BCUT2D eigenvalue weighted by Gasteiger charge is -2.36. The number of nitrogens with one attached hydrogen (secondary N) is 1. The van der Waals surface area contributed by atoms with E-state index >= 15 is 0 Å². The van der Waals surface area contributed by atoms with Gasteiger partial charge in [0, 0.05) is 35.4 Å². The smallest absolute Gasteiger partial charge is 0.336 e. The molecule has 0 radical (unpaired) electrons. The van der Waals surface area contributed by atoms with Crippen molar-refractivity contribution in [2.24, 2.45) is 0 Å². The highest BCUT2D eigenvalue weighted by Gasteiger charge is 2.42. The van der Waals surface area contributed by atoms with E-state index in [4.69, 9.17) is 18.9 Å². The predicted octanol–water partition coefficient (Wildman–Crippen LogP) is 4.32. The molecular weight excluding hydrogens is 454 g/mol. The van der Waals surface area contributed by atoms with Crippen molar-refractivity contribution in [2.45, 2.75) is 31.6 Å². The van der Waals surface area contributed by atoms with Crippen molar-refractivity contribution in [2.75, 3.05) is 34.5 Å². The minimum absolute atomic E-state index is 0.00875. The summed E-state index contributed by atoms with van der Waals surface area (Å²) in [6.07, 6.45) is 1.00. The van der Waals surface area contributed by atoms with Gasteiger partial charge in [0.25, 0.3) is 0 Å². The third-order valence-corrected chi connectivity index (χ3v) is 7.21. The zero-order valence-electron chi connectivity index (χ0n) is 19.8. The van der Waals surface area contributed by atoms with Crippen LogP contribution in [0.1, 0.15) is 42.0 Å². The van der Waals surface area contributed by atoms with Crippen LogP contribution >= 0.6 is 11.3 Å². The van der Waals surface area contributed by atoms with Crippen molar-refractivity contribution in [1.29, 1.82) is 0 Å². The van der Waals surface area contributed by atoms with Gasteiger partial charge in [0.05, 0.1) is 32.3 Å². The molecule has 2 heterocycles. The standard InChI is InChI=1S/C26H29NO6S/c1-15-23(26(29)33-10-9-30-2)25(22-6-5-11-34-22)24-18(27-15)12-17(13-19(24)28)16-7-8-20(31-3)21(14-16)32-4/h5-8,11,14,17,25,27H,9-10,12-13H2,1-4H3. The lowest BCUT2D eigenvalue weighted by atomic mass is 9.73. The number of thiophene rings is 1. The summed E-state index contributed by atoms with van der Waals surface area (Å²) in [4.78, 5) is 27.6. The molecule has 2 aliphatic rings. The van der Waals surface area contributed by atoms with Crippen LogP contribution in [0.25, 0.3) is 0 Å². The first-order chi connectivity index (χ1) is 16.5. The molecule has 1 aromatic carbocycles. The fourth-order valence-electron chi connectivity index (χ4n) is 4.69. The molecule has 1 aliphatic carbocycles. The SMILES string of the molecule is COCCOC(=O)C1=C(C)NC2=C(C(=O)CC(c3ccc(OC)c(OC)c3)C2)C1c1cccs1. The zero-order valence-corrected chi connectivity index (χ0v) is 20.6. The summed E-state index contributed by atoms with van der Waals surface area (Å²) in [5.74, 6) is 0.439. The van der Waals surface area contributed by atoms with Gasteiger partial charge in [-0.3, -0.25) is 4.79 Å². The summed E-state index contributed by atoms with van der Waals surface area (Å²) in [7, 11) is 4.76. The largest absolute Gasteiger partial charge is 0.493 e. The second-order valence-electron chi connectivity index (χ2n) is 8.28. The number of benzene rings is 1. The Balaban J connectivity index is 1.69. The fraction of sp³-hybridized carbons (Fsp3) is 0.385. The Morgan fingerprint density at radius 2 is 1.88 bits per heavy atom. The van der Waals surface area contributed by atoms with Crippen molar-refractivity contribution in [3.63, 3.8) is 0 Å². The van der Waals surface area contributed by atoms with Crippen LogP contribution < -0.4 is 14.8 Å². The van der Waals surface area contributed by atoms with Crippen molar-refractivity contribution in [3.05, 3.63) is 68.7 Å². The van der Waals surface area contributed by atoms with Gasteiger partial charge in [-0.05, 0) is 48.4 Å². The zero-order chi connectivity index (χ0) is 24.2. The van der Waals surface area contributed by atoms with Gasteiger partial charge in [-0.2, -0.15) is 0 Å². The molecule has 0 saturated carbocycles. The number of methoxy groups -OCH3 is 3. The van der Waals surface area contributed by atoms with Crippen LogP contribution in [0.2, 0.25) is 0 Å². The van der Waals surface area contributed by atoms with Gasteiger partial charge < -0.3 is 24.3 Å². The number of rotatable bonds is 8. The summed E-state index contributed by atoms with van der Waals surface area (Å²) < 4.78 is 21.3.